The first-order valence-electron chi connectivity index (χ1n) is 7.48. The minimum absolute atomic E-state index is 0.117. The maximum atomic E-state index is 11.8. The first-order chi connectivity index (χ1) is 10.2. The lowest BCUT2D eigenvalue weighted by molar-refractivity contribution is 0.0497. The van der Waals surface area contributed by atoms with Gasteiger partial charge in [0.15, 0.2) is 0 Å². The number of aromatic nitrogens is 2. The number of anilines is 1. The zero-order valence-corrected chi connectivity index (χ0v) is 14.3. The van der Waals surface area contributed by atoms with E-state index in [-0.39, 0.29) is 12.1 Å². The molecular weight excluding hydrogens is 304 g/mol. The number of hydrogen-bond acceptors (Lipinski definition) is 5. The van der Waals surface area contributed by atoms with Crippen molar-refractivity contribution in [3.63, 3.8) is 0 Å². The van der Waals surface area contributed by atoms with Crippen LogP contribution in [0, 0.1) is 6.92 Å². The molecule has 1 aromatic heterocycles. The Morgan fingerprint density at radius 3 is 2.55 bits per heavy atom. The van der Waals surface area contributed by atoms with Gasteiger partial charge in [0, 0.05) is 24.8 Å². The van der Waals surface area contributed by atoms with Gasteiger partial charge in [0.2, 0.25) is 5.95 Å². The second-order valence-corrected chi connectivity index (χ2v) is 6.93. The normalized spacial score (nSPS) is 16.5. The molecule has 0 radical (unpaired) electrons. The number of carbonyl (C=O) groups is 1. The van der Waals surface area contributed by atoms with Crippen molar-refractivity contribution in [1.82, 2.24) is 15.3 Å². The van der Waals surface area contributed by atoms with Crippen molar-refractivity contribution in [1.29, 1.82) is 0 Å². The topological polar surface area (TPSA) is 67.4 Å². The number of piperidine rings is 1. The third-order valence-corrected chi connectivity index (χ3v) is 3.50. The van der Waals surface area contributed by atoms with E-state index in [1.165, 1.54) is 0 Å². The molecule has 122 valence electrons. The molecule has 0 unspecified atom stereocenters. The van der Waals surface area contributed by atoms with E-state index in [1.807, 2.05) is 27.7 Å². The Labute approximate surface area is 136 Å². The molecule has 1 saturated heterocycles. The molecule has 0 bridgehead atoms. The van der Waals surface area contributed by atoms with Crippen LogP contribution in [0.4, 0.5) is 10.7 Å². The molecule has 1 aliphatic heterocycles. The maximum Gasteiger partial charge on any atom is 0.407 e. The van der Waals surface area contributed by atoms with Crippen LogP contribution in [0.15, 0.2) is 6.07 Å². The summed E-state index contributed by atoms with van der Waals surface area (Å²) < 4.78 is 5.28. The van der Waals surface area contributed by atoms with Crippen LogP contribution in [0.2, 0.25) is 5.15 Å². The number of rotatable bonds is 2. The number of halogens is 1. The minimum Gasteiger partial charge on any atom is -0.444 e. The maximum absolute atomic E-state index is 11.8. The Morgan fingerprint density at radius 1 is 1.36 bits per heavy atom. The summed E-state index contributed by atoms with van der Waals surface area (Å²) in [6.07, 6.45) is 1.29. The summed E-state index contributed by atoms with van der Waals surface area (Å²) in [4.78, 5) is 22.5. The van der Waals surface area contributed by atoms with Crippen molar-refractivity contribution >= 4 is 23.6 Å². The second kappa shape index (κ2) is 6.69. The standard InChI is InChI=1S/C15H23ClN4O2/c1-10-9-12(16)19-13(17-10)20-7-5-11(6-8-20)18-14(21)22-15(2,3)4/h9,11H,5-8H2,1-4H3,(H,18,21). The van der Waals surface area contributed by atoms with Gasteiger partial charge in [-0.3, -0.25) is 0 Å². The van der Waals surface area contributed by atoms with Crippen LogP contribution in [0.1, 0.15) is 39.3 Å². The summed E-state index contributed by atoms with van der Waals surface area (Å²) in [7, 11) is 0. The first-order valence-corrected chi connectivity index (χ1v) is 7.86. The smallest absolute Gasteiger partial charge is 0.407 e. The summed E-state index contributed by atoms with van der Waals surface area (Å²) in [5.41, 5.74) is 0.376. The number of amides is 1. The number of nitrogens with zero attached hydrogens (tertiary/aromatic N) is 3. The van der Waals surface area contributed by atoms with Gasteiger partial charge in [-0.15, -0.1) is 0 Å². The van der Waals surface area contributed by atoms with Gasteiger partial charge in [-0.2, -0.15) is 0 Å². The van der Waals surface area contributed by atoms with Gasteiger partial charge in [0.05, 0.1) is 0 Å². The van der Waals surface area contributed by atoms with Gasteiger partial charge in [-0.25, -0.2) is 14.8 Å². The predicted molar refractivity (Wildman–Crippen MR) is 86.4 cm³/mol. The molecule has 2 rings (SSSR count). The Morgan fingerprint density at radius 2 is 2.00 bits per heavy atom. The van der Waals surface area contributed by atoms with Crippen molar-refractivity contribution in [2.24, 2.45) is 0 Å². The summed E-state index contributed by atoms with van der Waals surface area (Å²) >= 11 is 5.98. The lowest BCUT2D eigenvalue weighted by Crippen LogP contribution is -2.46. The van der Waals surface area contributed by atoms with Gasteiger partial charge < -0.3 is 15.0 Å². The molecule has 1 fully saturated rings. The fourth-order valence-electron chi connectivity index (χ4n) is 2.35. The Bertz CT molecular complexity index is 517. The molecule has 1 amide bonds. The van der Waals surface area contributed by atoms with Crippen LogP contribution in [-0.4, -0.2) is 40.8 Å². The molecule has 2 heterocycles. The summed E-state index contributed by atoms with van der Waals surface area (Å²) in [6.45, 7) is 9.02. The molecular formula is C15H23ClN4O2. The fraction of sp³-hybridized carbons (Fsp3) is 0.667. The van der Waals surface area contributed by atoms with Crippen LogP contribution >= 0.6 is 11.6 Å². The van der Waals surface area contributed by atoms with Crippen LogP contribution in [0.3, 0.4) is 0 Å². The number of carbonyl (C=O) groups excluding carboxylic acids is 1. The Kier molecular flexibility index (Phi) is 5.11. The van der Waals surface area contributed by atoms with E-state index in [2.05, 4.69) is 20.2 Å². The molecule has 0 saturated carbocycles. The van der Waals surface area contributed by atoms with Gasteiger partial charge in [-0.05, 0) is 46.6 Å². The van der Waals surface area contributed by atoms with Gasteiger partial charge in [0.1, 0.15) is 10.8 Å². The zero-order chi connectivity index (χ0) is 16.3. The lowest BCUT2D eigenvalue weighted by Gasteiger charge is -2.33. The molecule has 1 N–H and O–H groups in total. The molecule has 7 heteroatoms. The monoisotopic (exact) mass is 326 g/mol. The first kappa shape index (κ1) is 16.8. The van der Waals surface area contributed by atoms with E-state index < -0.39 is 5.60 Å². The highest BCUT2D eigenvalue weighted by Gasteiger charge is 2.24. The second-order valence-electron chi connectivity index (χ2n) is 6.54. The van der Waals surface area contributed by atoms with E-state index in [9.17, 15) is 4.79 Å². The highest BCUT2D eigenvalue weighted by molar-refractivity contribution is 6.29. The van der Waals surface area contributed by atoms with Crippen LogP contribution in [0.25, 0.3) is 0 Å². The van der Waals surface area contributed by atoms with Crippen LogP contribution < -0.4 is 10.2 Å². The van der Waals surface area contributed by atoms with Gasteiger partial charge in [-0.1, -0.05) is 11.6 Å². The van der Waals surface area contributed by atoms with Crippen LogP contribution in [-0.2, 0) is 4.74 Å². The summed E-state index contributed by atoms with van der Waals surface area (Å²) in [5.74, 6) is 0.653. The van der Waals surface area contributed by atoms with E-state index in [4.69, 9.17) is 16.3 Å². The number of hydrogen-bond donors (Lipinski definition) is 1. The Balaban J connectivity index is 1.86. The van der Waals surface area contributed by atoms with Gasteiger partial charge in [0.25, 0.3) is 0 Å². The largest absolute Gasteiger partial charge is 0.444 e. The highest BCUT2D eigenvalue weighted by atomic mass is 35.5. The van der Waals surface area contributed by atoms with E-state index in [0.717, 1.165) is 31.6 Å². The van der Waals surface area contributed by atoms with E-state index >= 15 is 0 Å². The molecule has 0 aliphatic carbocycles. The highest BCUT2D eigenvalue weighted by Crippen LogP contribution is 2.19. The lowest BCUT2D eigenvalue weighted by atomic mass is 10.1. The van der Waals surface area contributed by atoms with Gasteiger partial charge >= 0.3 is 6.09 Å². The van der Waals surface area contributed by atoms with Crippen molar-refractivity contribution in [3.05, 3.63) is 16.9 Å². The minimum atomic E-state index is -0.475. The third-order valence-electron chi connectivity index (χ3n) is 3.31. The SMILES string of the molecule is Cc1cc(Cl)nc(N2CCC(NC(=O)OC(C)(C)C)CC2)n1. The molecule has 1 aliphatic rings. The van der Waals surface area contributed by atoms with Crippen LogP contribution in [0.5, 0.6) is 0 Å². The van der Waals surface area contributed by atoms with Crippen molar-refractivity contribution in [3.8, 4) is 0 Å². The zero-order valence-electron chi connectivity index (χ0n) is 13.5. The average molecular weight is 327 g/mol. The molecule has 0 atom stereocenters. The fourth-order valence-corrected chi connectivity index (χ4v) is 2.59. The molecule has 6 nitrogen and oxygen atoms in total. The molecule has 0 spiro atoms. The average Bonchev–Trinajstić information content (AvgIpc) is 2.36. The molecule has 1 aromatic rings. The van der Waals surface area contributed by atoms with Crippen molar-refractivity contribution < 1.29 is 9.53 Å². The number of alkyl carbamates (subject to hydrolysis) is 1. The van der Waals surface area contributed by atoms with Crippen molar-refractivity contribution in [2.45, 2.75) is 52.2 Å². The predicted octanol–water partition coefficient (Wildman–Crippen LogP) is 2.93. The molecule has 22 heavy (non-hydrogen) atoms. The van der Waals surface area contributed by atoms with E-state index in [0.29, 0.717) is 11.1 Å². The number of ether oxygens (including phenoxy) is 1. The summed E-state index contributed by atoms with van der Waals surface area (Å²) in [5, 5.41) is 3.37. The van der Waals surface area contributed by atoms with Crippen molar-refractivity contribution in [2.75, 3.05) is 18.0 Å². The number of aryl methyl sites for hydroxylation is 1. The third kappa shape index (κ3) is 5.02. The summed E-state index contributed by atoms with van der Waals surface area (Å²) in [6, 6.07) is 1.85. The Hall–Kier alpha value is -1.56. The van der Waals surface area contributed by atoms with E-state index in [1.54, 1.807) is 6.07 Å². The number of nitrogens with one attached hydrogen (secondary N) is 1. The molecule has 0 aromatic carbocycles. The quantitative estimate of drug-likeness (QED) is 0.846.